The van der Waals surface area contributed by atoms with Crippen molar-refractivity contribution in [1.82, 2.24) is 4.98 Å². The first-order valence-corrected chi connectivity index (χ1v) is 6.25. The number of hydrogen-bond donors (Lipinski definition) is 3. The van der Waals surface area contributed by atoms with E-state index in [0.717, 1.165) is 0 Å². The molecule has 0 aliphatic heterocycles. The second kappa shape index (κ2) is 5.68. The van der Waals surface area contributed by atoms with Gasteiger partial charge in [0.05, 0.1) is 5.69 Å². The molecule has 1 heterocycles. The summed E-state index contributed by atoms with van der Waals surface area (Å²) in [6, 6.07) is 4.25. The van der Waals surface area contributed by atoms with Crippen LogP contribution in [0.4, 0.5) is 5.13 Å². The lowest BCUT2D eigenvalue weighted by atomic mass is 10.1. The minimum atomic E-state index is -0.293. The number of carbonyl (C=O) groups excluding carboxylic acids is 1. The van der Waals surface area contributed by atoms with Gasteiger partial charge >= 0.3 is 0 Å². The second-order valence-electron chi connectivity index (χ2n) is 3.72. The summed E-state index contributed by atoms with van der Waals surface area (Å²) >= 11 is 1.24. The van der Waals surface area contributed by atoms with Gasteiger partial charge in [0.25, 0.3) is 5.91 Å². The molecule has 100 valence electrons. The number of methoxy groups -OCH3 is 1. The standard InChI is InChI=1S/C12H12N2O4S/c1-18-5-11(17)14-12-13-9(6-19-12)8-3-2-7(15)4-10(8)16/h2-4,6,15-16H,5H2,1H3,(H,13,14,17). The van der Waals surface area contributed by atoms with E-state index in [9.17, 15) is 15.0 Å². The number of phenols is 2. The van der Waals surface area contributed by atoms with E-state index in [1.54, 1.807) is 11.4 Å². The molecule has 0 aliphatic rings. The topological polar surface area (TPSA) is 91.7 Å². The highest BCUT2D eigenvalue weighted by molar-refractivity contribution is 7.14. The fourth-order valence-electron chi connectivity index (χ4n) is 1.48. The van der Waals surface area contributed by atoms with Crippen LogP contribution in [0.3, 0.4) is 0 Å². The molecule has 0 bridgehead atoms. The monoisotopic (exact) mass is 280 g/mol. The molecule has 2 rings (SSSR count). The van der Waals surface area contributed by atoms with Gasteiger partial charge in [0.15, 0.2) is 5.13 Å². The van der Waals surface area contributed by atoms with Crippen LogP contribution in [0.5, 0.6) is 11.5 Å². The van der Waals surface area contributed by atoms with Crippen molar-refractivity contribution in [2.24, 2.45) is 0 Å². The second-order valence-corrected chi connectivity index (χ2v) is 4.58. The molecule has 0 saturated carbocycles. The molecule has 0 unspecified atom stereocenters. The Morgan fingerprint density at radius 3 is 2.95 bits per heavy atom. The molecule has 1 amide bonds. The first kappa shape index (κ1) is 13.3. The van der Waals surface area contributed by atoms with E-state index in [2.05, 4.69) is 10.3 Å². The summed E-state index contributed by atoms with van der Waals surface area (Å²) in [5.74, 6) is -0.386. The maximum atomic E-state index is 11.3. The van der Waals surface area contributed by atoms with Gasteiger partial charge in [-0.3, -0.25) is 10.1 Å². The van der Waals surface area contributed by atoms with Crippen molar-refractivity contribution >= 4 is 22.4 Å². The number of benzene rings is 1. The zero-order valence-corrected chi connectivity index (χ0v) is 10.9. The number of nitrogens with one attached hydrogen (secondary N) is 1. The summed E-state index contributed by atoms with van der Waals surface area (Å²) in [5, 5.41) is 23.6. The largest absolute Gasteiger partial charge is 0.508 e. The van der Waals surface area contributed by atoms with Crippen LogP contribution in [0, 0.1) is 0 Å². The molecule has 3 N–H and O–H groups in total. The van der Waals surface area contributed by atoms with Crippen molar-refractivity contribution in [2.75, 3.05) is 19.0 Å². The summed E-state index contributed by atoms with van der Waals surface area (Å²) < 4.78 is 4.70. The Morgan fingerprint density at radius 1 is 1.47 bits per heavy atom. The first-order valence-electron chi connectivity index (χ1n) is 5.37. The Labute approximate surface area is 113 Å². The van der Waals surface area contributed by atoms with Gasteiger partial charge in [0.1, 0.15) is 18.1 Å². The van der Waals surface area contributed by atoms with Crippen LogP contribution in [-0.4, -0.2) is 34.8 Å². The third-order valence-corrected chi connectivity index (χ3v) is 3.04. The minimum Gasteiger partial charge on any atom is -0.508 e. The van der Waals surface area contributed by atoms with Crippen LogP contribution in [0.15, 0.2) is 23.6 Å². The van der Waals surface area contributed by atoms with E-state index in [4.69, 9.17) is 4.74 Å². The van der Waals surface area contributed by atoms with E-state index in [0.29, 0.717) is 16.4 Å². The van der Waals surface area contributed by atoms with Gasteiger partial charge in [0.2, 0.25) is 0 Å². The highest BCUT2D eigenvalue weighted by atomic mass is 32.1. The van der Waals surface area contributed by atoms with Crippen LogP contribution in [0.2, 0.25) is 0 Å². The Bertz CT molecular complexity index is 597. The molecule has 7 heteroatoms. The summed E-state index contributed by atoms with van der Waals surface area (Å²) in [5.41, 5.74) is 1.01. The van der Waals surface area contributed by atoms with E-state index in [-0.39, 0.29) is 24.0 Å². The van der Waals surface area contributed by atoms with Crippen molar-refractivity contribution in [2.45, 2.75) is 0 Å². The minimum absolute atomic E-state index is 0.0231. The van der Waals surface area contributed by atoms with Gasteiger partial charge < -0.3 is 14.9 Å². The predicted molar refractivity (Wildman–Crippen MR) is 71.4 cm³/mol. The van der Waals surface area contributed by atoms with Crippen LogP contribution in [-0.2, 0) is 9.53 Å². The lowest BCUT2D eigenvalue weighted by Gasteiger charge is -2.02. The van der Waals surface area contributed by atoms with E-state index >= 15 is 0 Å². The maximum Gasteiger partial charge on any atom is 0.252 e. The molecular formula is C12H12N2O4S. The third-order valence-electron chi connectivity index (χ3n) is 2.28. The fraction of sp³-hybridized carbons (Fsp3) is 0.167. The highest BCUT2D eigenvalue weighted by Crippen LogP contribution is 2.33. The smallest absolute Gasteiger partial charge is 0.252 e. The number of carbonyl (C=O) groups is 1. The van der Waals surface area contributed by atoms with Crippen molar-refractivity contribution in [3.8, 4) is 22.8 Å². The summed E-state index contributed by atoms with van der Waals surface area (Å²) in [6.07, 6.45) is 0. The van der Waals surface area contributed by atoms with Gasteiger partial charge in [-0.15, -0.1) is 11.3 Å². The lowest BCUT2D eigenvalue weighted by Crippen LogP contribution is -2.16. The summed E-state index contributed by atoms with van der Waals surface area (Å²) in [6.45, 7) is -0.0423. The molecule has 0 spiro atoms. The van der Waals surface area contributed by atoms with Crippen LogP contribution < -0.4 is 5.32 Å². The van der Waals surface area contributed by atoms with Crippen molar-refractivity contribution in [3.05, 3.63) is 23.6 Å². The van der Waals surface area contributed by atoms with Gasteiger partial charge in [-0.1, -0.05) is 0 Å². The van der Waals surface area contributed by atoms with Gasteiger partial charge in [-0.05, 0) is 12.1 Å². The molecule has 6 nitrogen and oxygen atoms in total. The number of ether oxygens (including phenoxy) is 1. The van der Waals surface area contributed by atoms with Gasteiger partial charge in [0, 0.05) is 24.1 Å². The zero-order valence-electron chi connectivity index (χ0n) is 10.1. The van der Waals surface area contributed by atoms with E-state index < -0.39 is 0 Å². The number of nitrogens with zero attached hydrogens (tertiary/aromatic N) is 1. The number of phenolic OH excluding ortho intramolecular Hbond substituents is 2. The molecule has 0 radical (unpaired) electrons. The highest BCUT2D eigenvalue weighted by Gasteiger charge is 2.11. The van der Waals surface area contributed by atoms with Crippen molar-refractivity contribution in [3.63, 3.8) is 0 Å². The Kier molecular flexibility index (Phi) is 3.98. The number of rotatable bonds is 4. The predicted octanol–water partition coefficient (Wildman–Crippen LogP) is 1.81. The van der Waals surface area contributed by atoms with Crippen LogP contribution >= 0.6 is 11.3 Å². The SMILES string of the molecule is COCC(=O)Nc1nc(-c2ccc(O)cc2O)cs1. The molecule has 0 atom stereocenters. The molecule has 19 heavy (non-hydrogen) atoms. The normalized spacial score (nSPS) is 10.4. The fourth-order valence-corrected chi connectivity index (χ4v) is 2.20. The number of anilines is 1. The summed E-state index contributed by atoms with van der Waals surface area (Å²) in [7, 11) is 1.43. The summed E-state index contributed by atoms with van der Waals surface area (Å²) in [4.78, 5) is 15.5. The molecule has 2 aromatic rings. The van der Waals surface area contributed by atoms with E-state index in [1.807, 2.05) is 0 Å². The third kappa shape index (κ3) is 3.21. The number of thiazole rings is 1. The maximum absolute atomic E-state index is 11.3. The van der Waals surface area contributed by atoms with Crippen LogP contribution in [0.25, 0.3) is 11.3 Å². The number of hydrogen-bond acceptors (Lipinski definition) is 6. The molecular weight excluding hydrogens is 268 g/mol. The zero-order chi connectivity index (χ0) is 13.8. The lowest BCUT2D eigenvalue weighted by molar-refractivity contribution is -0.119. The van der Waals surface area contributed by atoms with Gasteiger partial charge in [-0.25, -0.2) is 4.98 Å². The molecule has 0 aliphatic carbocycles. The van der Waals surface area contributed by atoms with Crippen molar-refractivity contribution in [1.29, 1.82) is 0 Å². The number of amides is 1. The molecule has 0 saturated heterocycles. The Hall–Kier alpha value is -2.12. The molecule has 1 aromatic carbocycles. The molecule has 1 aromatic heterocycles. The van der Waals surface area contributed by atoms with Gasteiger partial charge in [-0.2, -0.15) is 0 Å². The van der Waals surface area contributed by atoms with E-state index in [1.165, 1.54) is 30.6 Å². The number of aromatic hydroxyl groups is 2. The van der Waals surface area contributed by atoms with Crippen molar-refractivity contribution < 1.29 is 19.7 Å². The Morgan fingerprint density at radius 2 is 2.26 bits per heavy atom. The average Bonchev–Trinajstić information content (AvgIpc) is 2.77. The average molecular weight is 280 g/mol. The first-order chi connectivity index (χ1) is 9.10. The quantitative estimate of drug-likeness (QED) is 0.794. The van der Waals surface area contributed by atoms with Crippen LogP contribution in [0.1, 0.15) is 0 Å². The number of aromatic nitrogens is 1. The molecule has 0 fully saturated rings. The Balaban J connectivity index is 2.18.